The van der Waals surface area contributed by atoms with E-state index in [-0.39, 0.29) is 34.5 Å². The molecule has 3 aromatic rings. The zero-order chi connectivity index (χ0) is 26.7. The van der Waals surface area contributed by atoms with Gasteiger partial charge in [-0.1, -0.05) is 53.0 Å². The molecule has 2 amide bonds. The van der Waals surface area contributed by atoms with E-state index < -0.39 is 16.1 Å². The van der Waals surface area contributed by atoms with Crippen LogP contribution in [0.2, 0.25) is 15.1 Å². The summed E-state index contributed by atoms with van der Waals surface area (Å²) in [7, 11) is 1.43. The molecule has 0 aliphatic carbocycles. The van der Waals surface area contributed by atoms with Crippen molar-refractivity contribution in [3.8, 4) is 11.5 Å². The fraction of sp³-hybridized carbons (Fsp3) is 0.120. The standard InChI is InChI=1S/C25H17Cl3N2O6S/c1-35-21-10-16(9-20(28)23(21)36-13-15-3-2-4-17(7-15)30(33)34)11-22-24(31)29(25(32)37-22)12-14-5-6-18(26)19(27)8-14/h2-11H,12-13H2,1H3/b22-11-. The fourth-order valence-corrected chi connectivity index (χ4v) is 4.92. The highest BCUT2D eigenvalue weighted by Gasteiger charge is 2.35. The number of nitro groups is 1. The summed E-state index contributed by atoms with van der Waals surface area (Å²) in [4.78, 5) is 37.3. The molecule has 4 rings (SSSR count). The maximum Gasteiger partial charge on any atom is 0.293 e. The molecule has 8 nitrogen and oxygen atoms in total. The predicted molar refractivity (Wildman–Crippen MR) is 143 cm³/mol. The number of halogens is 3. The minimum atomic E-state index is -0.488. The second kappa shape index (κ2) is 11.4. The Morgan fingerprint density at radius 3 is 2.49 bits per heavy atom. The van der Waals surface area contributed by atoms with Crippen LogP contribution in [0.3, 0.4) is 0 Å². The number of methoxy groups -OCH3 is 1. The van der Waals surface area contributed by atoms with Crippen molar-refractivity contribution in [1.82, 2.24) is 4.90 Å². The monoisotopic (exact) mass is 578 g/mol. The molecule has 0 atom stereocenters. The van der Waals surface area contributed by atoms with Crippen LogP contribution in [0.5, 0.6) is 11.5 Å². The van der Waals surface area contributed by atoms with Crippen LogP contribution >= 0.6 is 46.6 Å². The number of non-ortho nitro benzene ring substituents is 1. The first-order chi connectivity index (χ1) is 17.7. The van der Waals surface area contributed by atoms with E-state index in [2.05, 4.69) is 0 Å². The van der Waals surface area contributed by atoms with E-state index in [4.69, 9.17) is 44.3 Å². The van der Waals surface area contributed by atoms with Gasteiger partial charge < -0.3 is 9.47 Å². The van der Waals surface area contributed by atoms with Crippen molar-refractivity contribution in [3.05, 3.63) is 101 Å². The number of nitrogens with zero attached hydrogens (tertiary/aromatic N) is 2. The van der Waals surface area contributed by atoms with Crippen molar-refractivity contribution in [3.63, 3.8) is 0 Å². The van der Waals surface area contributed by atoms with Crippen LogP contribution in [0.15, 0.2) is 59.5 Å². The Morgan fingerprint density at radius 1 is 1.00 bits per heavy atom. The summed E-state index contributed by atoms with van der Waals surface area (Å²) < 4.78 is 11.2. The number of hydrogen-bond donors (Lipinski definition) is 0. The highest BCUT2D eigenvalue weighted by atomic mass is 35.5. The third kappa shape index (κ3) is 6.19. The van der Waals surface area contributed by atoms with Gasteiger partial charge in [0.2, 0.25) is 0 Å². The van der Waals surface area contributed by atoms with E-state index in [1.807, 2.05) is 0 Å². The van der Waals surface area contributed by atoms with E-state index in [1.165, 1.54) is 19.2 Å². The molecular formula is C25H17Cl3N2O6S. The number of ether oxygens (including phenoxy) is 2. The zero-order valence-corrected chi connectivity index (χ0v) is 22.2. The minimum absolute atomic E-state index is 0.0186. The van der Waals surface area contributed by atoms with Crippen LogP contribution in [0.1, 0.15) is 16.7 Å². The second-order valence-electron chi connectivity index (χ2n) is 7.77. The molecule has 1 aliphatic heterocycles. The average molecular weight is 580 g/mol. The number of carbonyl (C=O) groups is 2. The highest BCUT2D eigenvalue weighted by molar-refractivity contribution is 8.18. The number of imide groups is 1. The molecular weight excluding hydrogens is 563 g/mol. The van der Waals surface area contributed by atoms with Crippen molar-refractivity contribution < 1.29 is 24.0 Å². The molecule has 0 aromatic heterocycles. The van der Waals surface area contributed by atoms with Crippen LogP contribution in [0.4, 0.5) is 10.5 Å². The van der Waals surface area contributed by atoms with Crippen molar-refractivity contribution in [2.75, 3.05) is 7.11 Å². The number of carbonyl (C=O) groups excluding carboxylic acids is 2. The molecule has 37 heavy (non-hydrogen) atoms. The van der Waals surface area contributed by atoms with Crippen LogP contribution in [-0.4, -0.2) is 28.1 Å². The quantitative estimate of drug-likeness (QED) is 0.156. The molecule has 3 aromatic carbocycles. The lowest BCUT2D eigenvalue weighted by atomic mass is 10.1. The Balaban J connectivity index is 1.52. The van der Waals surface area contributed by atoms with Gasteiger partial charge >= 0.3 is 0 Å². The number of thioether (sulfide) groups is 1. The normalized spacial score (nSPS) is 14.4. The van der Waals surface area contributed by atoms with Crippen LogP contribution in [0.25, 0.3) is 6.08 Å². The first-order valence-electron chi connectivity index (χ1n) is 10.6. The van der Waals surface area contributed by atoms with Crippen molar-refractivity contribution >= 4 is 69.5 Å². The van der Waals surface area contributed by atoms with Gasteiger partial charge in [-0.3, -0.25) is 24.6 Å². The zero-order valence-electron chi connectivity index (χ0n) is 19.1. The summed E-state index contributed by atoms with van der Waals surface area (Å²) in [5, 5.41) is 11.5. The Labute approximate surface area is 230 Å². The molecule has 0 saturated carbocycles. The first kappa shape index (κ1) is 26.8. The number of rotatable bonds is 8. The summed E-state index contributed by atoms with van der Waals surface area (Å²) in [6, 6.07) is 14.1. The third-order valence-corrected chi connectivity index (χ3v) is 7.18. The Morgan fingerprint density at radius 2 is 1.78 bits per heavy atom. The van der Waals surface area contributed by atoms with Gasteiger partial charge in [0.05, 0.1) is 38.6 Å². The van der Waals surface area contributed by atoms with Crippen LogP contribution in [0, 0.1) is 10.1 Å². The van der Waals surface area contributed by atoms with Gasteiger partial charge in [0.25, 0.3) is 16.8 Å². The molecule has 0 N–H and O–H groups in total. The maximum atomic E-state index is 12.9. The Kier molecular flexibility index (Phi) is 8.29. The van der Waals surface area contributed by atoms with E-state index in [1.54, 1.807) is 48.5 Å². The largest absolute Gasteiger partial charge is 0.493 e. The predicted octanol–water partition coefficient (Wildman–Crippen LogP) is 7.38. The maximum absolute atomic E-state index is 12.9. The average Bonchev–Trinajstić information content (AvgIpc) is 3.12. The number of amides is 2. The highest BCUT2D eigenvalue weighted by Crippen LogP contribution is 2.40. The first-order valence-corrected chi connectivity index (χ1v) is 12.5. The van der Waals surface area contributed by atoms with Gasteiger partial charge in [0, 0.05) is 12.1 Å². The lowest BCUT2D eigenvalue weighted by Crippen LogP contribution is -2.27. The molecule has 0 spiro atoms. The van der Waals surface area contributed by atoms with Crippen molar-refractivity contribution in [1.29, 1.82) is 0 Å². The Bertz CT molecular complexity index is 1450. The summed E-state index contributed by atoms with van der Waals surface area (Å²) in [6.45, 7) is 0.0676. The van der Waals surface area contributed by atoms with E-state index in [9.17, 15) is 19.7 Å². The molecule has 1 heterocycles. The molecule has 0 radical (unpaired) electrons. The van der Waals surface area contributed by atoms with Gasteiger partial charge in [-0.25, -0.2) is 0 Å². The van der Waals surface area contributed by atoms with Crippen molar-refractivity contribution in [2.45, 2.75) is 13.2 Å². The molecule has 0 unspecified atom stereocenters. The lowest BCUT2D eigenvalue weighted by Gasteiger charge is -2.14. The van der Waals surface area contributed by atoms with E-state index in [0.29, 0.717) is 32.5 Å². The SMILES string of the molecule is COc1cc(/C=C2\SC(=O)N(Cc3ccc(Cl)c(Cl)c3)C2=O)cc(Cl)c1OCc1cccc([N+](=O)[O-])c1. The van der Waals surface area contributed by atoms with Gasteiger partial charge in [-0.15, -0.1) is 0 Å². The minimum Gasteiger partial charge on any atom is -0.493 e. The van der Waals surface area contributed by atoms with Crippen molar-refractivity contribution in [2.24, 2.45) is 0 Å². The molecule has 190 valence electrons. The summed E-state index contributed by atoms with van der Waals surface area (Å²) in [6.07, 6.45) is 1.54. The second-order valence-corrected chi connectivity index (χ2v) is 9.98. The Hall–Kier alpha value is -3.24. The van der Waals surface area contributed by atoms with Gasteiger partial charge in [0.1, 0.15) is 6.61 Å². The molecule has 1 fully saturated rings. The topological polar surface area (TPSA) is 99.0 Å². The summed E-state index contributed by atoms with van der Waals surface area (Å²) in [5.41, 5.74) is 1.70. The number of benzene rings is 3. The molecule has 12 heteroatoms. The van der Waals surface area contributed by atoms with E-state index >= 15 is 0 Å². The molecule has 1 aliphatic rings. The number of nitro benzene ring substituents is 1. The number of hydrogen-bond acceptors (Lipinski definition) is 7. The lowest BCUT2D eigenvalue weighted by molar-refractivity contribution is -0.384. The van der Waals surface area contributed by atoms with Crippen LogP contribution < -0.4 is 9.47 Å². The smallest absolute Gasteiger partial charge is 0.293 e. The molecule has 0 bridgehead atoms. The van der Waals surface area contributed by atoms with Gasteiger partial charge in [-0.05, 0) is 58.8 Å². The fourth-order valence-electron chi connectivity index (χ4n) is 3.49. The van der Waals surface area contributed by atoms with Gasteiger partial charge in [-0.2, -0.15) is 0 Å². The van der Waals surface area contributed by atoms with Gasteiger partial charge in [0.15, 0.2) is 11.5 Å². The third-order valence-electron chi connectivity index (χ3n) is 5.25. The molecule has 1 saturated heterocycles. The summed E-state index contributed by atoms with van der Waals surface area (Å²) >= 11 is 19.2. The van der Waals surface area contributed by atoms with Crippen LogP contribution in [-0.2, 0) is 17.9 Å². The van der Waals surface area contributed by atoms with E-state index in [0.717, 1.165) is 16.7 Å². The summed E-state index contributed by atoms with van der Waals surface area (Å²) in [5.74, 6) is 0.0712.